The predicted octanol–water partition coefficient (Wildman–Crippen LogP) is 3.80. The number of aromatic nitrogens is 2. The lowest BCUT2D eigenvalue weighted by atomic mass is 10.1. The molecule has 5 heteroatoms. The van der Waals surface area contributed by atoms with Gasteiger partial charge in [-0.25, -0.2) is 9.97 Å². The Morgan fingerprint density at radius 3 is 2.43 bits per heavy atom. The van der Waals surface area contributed by atoms with Crippen molar-refractivity contribution >= 4 is 23.0 Å². The van der Waals surface area contributed by atoms with E-state index in [2.05, 4.69) is 52.2 Å². The molecule has 23 heavy (non-hydrogen) atoms. The van der Waals surface area contributed by atoms with Crippen molar-refractivity contribution in [3.05, 3.63) is 35.7 Å². The van der Waals surface area contributed by atoms with Gasteiger partial charge in [0.2, 0.25) is 0 Å². The third-order valence-corrected chi connectivity index (χ3v) is 4.54. The molecule has 0 unspecified atom stereocenters. The number of nitrogens with one attached hydrogen (secondary N) is 1. The van der Waals surface area contributed by atoms with E-state index in [-0.39, 0.29) is 0 Å². The lowest BCUT2D eigenvalue weighted by molar-refractivity contribution is 0.726. The van der Waals surface area contributed by atoms with Crippen molar-refractivity contribution in [3.8, 4) is 0 Å². The van der Waals surface area contributed by atoms with E-state index in [1.165, 1.54) is 36.8 Å². The normalized spacial score (nSPS) is 15.3. The van der Waals surface area contributed by atoms with E-state index in [9.17, 15) is 0 Å². The van der Waals surface area contributed by atoms with Crippen LogP contribution in [0.4, 0.5) is 23.0 Å². The number of hydrogen-bond donors (Lipinski definition) is 2. The fraction of sp³-hybridized carbons (Fsp3) is 0.444. The van der Waals surface area contributed by atoms with Crippen LogP contribution in [0.5, 0.6) is 0 Å². The Morgan fingerprint density at radius 2 is 1.74 bits per heavy atom. The van der Waals surface area contributed by atoms with Gasteiger partial charge in [0.05, 0.1) is 0 Å². The Kier molecular flexibility index (Phi) is 4.65. The van der Waals surface area contributed by atoms with Crippen LogP contribution in [0.15, 0.2) is 24.5 Å². The second-order valence-corrected chi connectivity index (χ2v) is 6.28. The van der Waals surface area contributed by atoms with Crippen molar-refractivity contribution < 1.29 is 0 Å². The minimum absolute atomic E-state index is 0.632. The first kappa shape index (κ1) is 15.6. The Bertz CT molecular complexity index is 675. The molecule has 1 aliphatic heterocycles. The highest BCUT2D eigenvalue weighted by molar-refractivity contribution is 5.78. The molecule has 2 heterocycles. The second-order valence-electron chi connectivity index (χ2n) is 6.28. The van der Waals surface area contributed by atoms with Gasteiger partial charge in [-0.05, 0) is 49.9 Å². The summed E-state index contributed by atoms with van der Waals surface area (Å²) in [5, 5.41) is 3.33. The first-order chi connectivity index (χ1) is 11.1. The zero-order valence-electron chi connectivity index (χ0n) is 14.0. The van der Waals surface area contributed by atoms with Gasteiger partial charge in [-0.1, -0.05) is 18.9 Å². The molecule has 1 fully saturated rings. The molecule has 0 bridgehead atoms. The monoisotopic (exact) mass is 311 g/mol. The van der Waals surface area contributed by atoms with Crippen LogP contribution >= 0.6 is 0 Å². The summed E-state index contributed by atoms with van der Waals surface area (Å²) in [4.78, 5) is 11.0. The van der Waals surface area contributed by atoms with Crippen LogP contribution in [0.1, 0.15) is 36.8 Å². The summed E-state index contributed by atoms with van der Waals surface area (Å²) in [6, 6.07) is 6.27. The number of benzene rings is 1. The molecule has 0 spiro atoms. The Balaban J connectivity index is 1.85. The third-order valence-electron chi connectivity index (χ3n) is 4.54. The van der Waals surface area contributed by atoms with Crippen molar-refractivity contribution in [1.82, 2.24) is 9.97 Å². The molecule has 3 rings (SSSR count). The van der Waals surface area contributed by atoms with Crippen LogP contribution in [0.2, 0.25) is 0 Å². The maximum Gasteiger partial charge on any atom is 0.159 e. The molecular weight excluding hydrogens is 286 g/mol. The molecule has 1 saturated heterocycles. The van der Waals surface area contributed by atoms with E-state index >= 15 is 0 Å². The Labute approximate surface area is 137 Å². The average Bonchev–Trinajstić information content (AvgIpc) is 2.82. The highest BCUT2D eigenvalue weighted by Crippen LogP contribution is 2.30. The van der Waals surface area contributed by atoms with Gasteiger partial charge in [0.1, 0.15) is 12.0 Å². The molecule has 0 saturated carbocycles. The first-order valence-electron chi connectivity index (χ1n) is 8.35. The minimum Gasteiger partial charge on any atom is -0.393 e. The van der Waals surface area contributed by atoms with E-state index in [4.69, 9.17) is 5.73 Å². The molecule has 2 aromatic rings. The molecule has 3 N–H and O–H groups in total. The van der Waals surface area contributed by atoms with Crippen molar-refractivity contribution in [2.24, 2.45) is 0 Å². The molecule has 1 aromatic carbocycles. The number of rotatable bonds is 3. The van der Waals surface area contributed by atoms with Gasteiger partial charge in [-0.15, -0.1) is 0 Å². The number of anilines is 4. The number of nitrogen functional groups attached to an aromatic ring is 1. The van der Waals surface area contributed by atoms with Crippen LogP contribution in [0.3, 0.4) is 0 Å². The summed E-state index contributed by atoms with van der Waals surface area (Å²) in [5.74, 6) is 1.54. The zero-order valence-corrected chi connectivity index (χ0v) is 14.0. The summed E-state index contributed by atoms with van der Waals surface area (Å²) in [5.41, 5.74) is 10.5. The smallest absolute Gasteiger partial charge is 0.159 e. The quantitative estimate of drug-likeness (QED) is 0.902. The summed E-state index contributed by atoms with van der Waals surface area (Å²) < 4.78 is 0. The van der Waals surface area contributed by atoms with E-state index in [0.29, 0.717) is 11.5 Å². The second kappa shape index (κ2) is 6.86. The lowest BCUT2D eigenvalue weighted by Gasteiger charge is -2.23. The largest absolute Gasteiger partial charge is 0.393 e. The van der Waals surface area contributed by atoms with Gasteiger partial charge in [-0.3, -0.25) is 0 Å². The Morgan fingerprint density at radius 1 is 1.00 bits per heavy atom. The number of hydrogen-bond acceptors (Lipinski definition) is 5. The van der Waals surface area contributed by atoms with Gasteiger partial charge in [-0.2, -0.15) is 0 Å². The van der Waals surface area contributed by atoms with Gasteiger partial charge in [0, 0.05) is 18.8 Å². The van der Waals surface area contributed by atoms with Gasteiger partial charge in [0.25, 0.3) is 0 Å². The molecule has 1 aromatic heterocycles. The molecule has 0 amide bonds. The number of nitrogens with two attached hydrogens (primary N) is 1. The van der Waals surface area contributed by atoms with Gasteiger partial charge >= 0.3 is 0 Å². The topological polar surface area (TPSA) is 67.1 Å². The number of aryl methyl sites for hydroxylation is 2. The van der Waals surface area contributed by atoms with E-state index in [1.54, 1.807) is 6.33 Å². The van der Waals surface area contributed by atoms with E-state index in [1.807, 2.05) is 0 Å². The molecule has 5 nitrogen and oxygen atoms in total. The first-order valence-corrected chi connectivity index (χ1v) is 8.35. The molecule has 1 aliphatic rings. The maximum atomic E-state index is 6.35. The van der Waals surface area contributed by atoms with Crippen molar-refractivity contribution in [2.45, 2.75) is 39.5 Å². The highest BCUT2D eigenvalue weighted by atomic mass is 15.2. The molecule has 0 radical (unpaired) electrons. The predicted molar refractivity (Wildman–Crippen MR) is 96.3 cm³/mol. The fourth-order valence-corrected chi connectivity index (χ4v) is 2.98. The minimum atomic E-state index is 0.632. The lowest BCUT2D eigenvalue weighted by Crippen LogP contribution is -2.26. The summed E-state index contributed by atoms with van der Waals surface area (Å²) in [6.07, 6.45) is 6.57. The SMILES string of the molecule is Cc1ccc(Nc2ncnc(N3CCCCCC3)c2N)cc1C. The summed E-state index contributed by atoms with van der Waals surface area (Å²) >= 11 is 0. The third kappa shape index (κ3) is 3.55. The summed E-state index contributed by atoms with van der Waals surface area (Å²) in [6.45, 7) is 6.25. The molecule has 122 valence electrons. The van der Waals surface area contributed by atoms with Gasteiger partial charge < -0.3 is 16.0 Å². The van der Waals surface area contributed by atoms with E-state index < -0.39 is 0 Å². The molecule has 0 atom stereocenters. The highest BCUT2D eigenvalue weighted by Gasteiger charge is 2.16. The zero-order chi connectivity index (χ0) is 16.2. The van der Waals surface area contributed by atoms with Crippen LogP contribution < -0.4 is 16.0 Å². The fourth-order valence-electron chi connectivity index (χ4n) is 2.98. The van der Waals surface area contributed by atoms with Crippen LogP contribution in [0, 0.1) is 13.8 Å². The van der Waals surface area contributed by atoms with Crippen LogP contribution in [-0.4, -0.2) is 23.1 Å². The molecule has 0 aliphatic carbocycles. The number of nitrogens with zero attached hydrogens (tertiary/aromatic N) is 3. The van der Waals surface area contributed by atoms with Gasteiger partial charge in [0.15, 0.2) is 11.6 Å². The van der Waals surface area contributed by atoms with Crippen LogP contribution in [-0.2, 0) is 0 Å². The molecular formula is C18H25N5. The Hall–Kier alpha value is -2.30. The van der Waals surface area contributed by atoms with Crippen LogP contribution in [0.25, 0.3) is 0 Å². The van der Waals surface area contributed by atoms with Crippen molar-refractivity contribution in [3.63, 3.8) is 0 Å². The maximum absolute atomic E-state index is 6.35. The van der Waals surface area contributed by atoms with Crippen molar-refractivity contribution in [2.75, 3.05) is 29.0 Å². The average molecular weight is 311 g/mol. The van der Waals surface area contributed by atoms with E-state index in [0.717, 1.165) is 24.6 Å². The standard InChI is InChI=1S/C18H25N5/c1-13-7-8-15(11-14(13)2)22-17-16(19)18(21-12-20-17)23-9-5-3-4-6-10-23/h7-8,11-12H,3-6,9-10,19H2,1-2H3,(H,20,21,22). The van der Waals surface area contributed by atoms with Crippen molar-refractivity contribution in [1.29, 1.82) is 0 Å². The summed E-state index contributed by atoms with van der Waals surface area (Å²) in [7, 11) is 0.